The molecule has 1 saturated heterocycles. The van der Waals surface area contributed by atoms with Gasteiger partial charge in [0.2, 0.25) is 0 Å². The Bertz CT molecular complexity index is 451. The number of piperazine rings is 1. The third-order valence-corrected chi connectivity index (χ3v) is 3.45. The molecular formula is C13H17ClN2O2. The van der Waals surface area contributed by atoms with Crippen LogP contribution >= 0.6 is 11.6 Å². The van der Waals surface area contributed by atoms with Gasteiger partial charge >= 0.3 is 0 Å². The summed E-state index contributed by atoms with van der Waals surface area (Å²) in [7, 11) is 3.58. The van der Waals surface area contributed by atoms with Crippen LogP contribution in [0.15, 0.2) is 18.2 Å². The average molecular weight is 269 g/mol. The molecule has 2 rings (SSSR count). The Morgan fingerprint density at radius 1 is 1.56 bits per heavy atom. The van der Waals surface area contributed by atoms with Crippen LogP contribution in [0.1, 0.15) is 10.4 Å². The van der Waals surface area contributed by atoms with Crippen LogP contribution in [0, 0.1) is 0 Å². The zero-order valence-electron chi connectivity index (χ0n) is 10.6. The van der Waals surface area contributed by atoms with Gasteiger partial charge in [-0.05, 0) is 25.2 Å². The summed E-state index contributed by atoms with van der Waals surface area (Å²) in [6, 6.07) is 4.96. The zero-order valence-corrected chi connectivity index (χ0v) is 11.3. The minimum atomic E-state index is -0.186. The van der Waals surface area contributed by atoms with Gasteiger partial charge in [0.05, 0.1) is 18.2 Å². The van der Waals surface area contributed by atoms with Crippen molar-refractivity contribution in [2.75, 3.05) is 33.8 Å². The van der Waals surface area contributed by atoms with Gasteiger partial charge in [-0.25, -0.2) is 0 Å². The molecule has 0 aliphatic carbocycles. The standard InChI is InChI=1S/C13H17ClN2O2/c1-16-6-5-15-12(8-16)13(17)10-4-3-9(18-2)7-11(10)14/h3-4,7,12,15H,5-6,8H2,1-2H3. The van der Waals surface area contributed by atoms with Crippen molar-refractivity contribution in [2.45, 2.75) is 6.04 Å². The van der Waals surface area contributed by atoms with Crippen molar-refractivity contribution in [3.8, 4) is 5.75 Å². The number of likely N-dealkylation sites (N-methyl/N-ethyl adjacent to an activating group) is 1. The van der Waals surface area contributed by atoms with E-state index in [-0.39, 0.29) is 11.8 Å². The lowest BCUT2D eigenvalue weighted by Crippen LogP contribution is -2.52. The molecule has 0 amide bonds. The van der Waals surface area contributed by atoms with Crippen LogP contribution in [0.4, 0.5) is 0 Å². The summed E-state index contributed by atoms with van der Waals surface area (Å²) in [5.41, 5.74) is 0.547. The number of nitrogens with zero attached hydrogens (tertiary/aromatic N) is 1. The SMILES string of the molecule is COc1ccc(C(=O)C2CN(C)CCN2)c(Cl)c1. The topological polar surface area (TPSA) is 41.6 Å². The molecule has 5 heteroatoms. The Hall–Kier alpha value is -1.10. The van der Waals surface area contributed by atoms with Gasteiger partial charge in [-0.2, -0.15) is 0 Å². The van der Waals surface area contributed by atoms with Crippen LogP contribution in [-0.4, -0.2) is 50.5 Å². The fraction of sp³-hybridized carbons (Fsp3) is 0.462. The lowest BCUT2D eigenvalue weighted by Gasteiger charge is -2.30. The summed E-state index contributed by atoms with van der Waals surface area (Å²) >= 11 is 6.12. The highest BCUT2D eigenvalue weighted by Gasteiger charge is 2.25. The second kappa shape index (κ2) is 5.69. The second-order valence-electron chi connectivity index (χ2n) is 4.48. The number of rotatable bonds is 3. The van der Waals surface area contributed by atoms with Gasteiger partial charge in [0.15, 0.2) is 5.78 Å². The van der Waals surface area contributed by atoms with Crippen LogP contribution in [-0.2, 0) is 0 Å². The summed E-state index contributed by atoms with van der Waals surface area (Å²) in [6.45, 7) is 2.49. The van der Waals surface area contributed by atoms with Gasteiger partial charge in [-0.3, -0.25) is 4.79 Å². The van der Waals surface area contributed by atoms with E-state index in [1.807, 2.05) is 7.05 Å². The molecule has 1 heterocycles. The van der Waals surface area contributed by atoms with Gasteiger partial charge in [0, 0.05) is 25.2 Å². The number of ether oxygens (including phenoxy) is 1. The van der Waals surface area contributed by atoms with E-state index in [0.717, 1.165) is 13.1 Å². The quantitative estimate of drug-likeness (QED) is 0.843. The number of benzene rings is 1. The summed E-state index contributed by atoms with van der Waals surface area (Å²) in [5, 5.41) is 3.66. The first kappa shape index (κ1) is 13.3. The summed E-state index contributed by atoms with van der Waals surface area (Å²) in [5.74, 6) is 0.694. The number of hydrogen-bond acceptors (Lipinski definition) is 4. The number of carbonyl (C=O) groups is 1. The average Bonchev–Trinajstić information content (AvgIpc) is 2.37. The number of carbonyl (C=O) groups excluding carboxylic acids is 1. The van der Waals surface area contributed by atoms with E-state index >= 15 is 0 Å². The Morgan fingerprint density at radius 3 is 2.94 bits per heavy atom. The highest BCUT2D eigenvalue weighted by Crippen LogP contribution is 2.23. The van der Waals surface area contributed by atoms with Crippen molar-refractivity contribution in [2.24, 2.45) is 0 Å². The van der Waals surface area contributed by atoms with Gasteiger partial charge in [-0.1, -0.05) is 11.6 Å². The maximum absolute atomic E-state index is 12.4. The molecule has 1 aromatic rings. The van der Waals surface area contributed by atoms with E-state index in [9.17, 15) is 4.79 Å². The Labute approximate surface area is 112 Å². The molecule has 1 atom stereocenters. The van der Waals surface area contributed by atoms with Crippen LogP contribution in [0.3, 0.4) is 0 Å². The summed E-state index contributed by atoms with van der Waals surface area (Å²) < 4.78 is 5.07. The molecule has 18 heavy (non-hydrogen) atoms. The molecule has 0 bridgehead atoms. The van der Waals surface area contributed by atoms with Gasteiger partial charge in [0.1, 0.15) is 5.75 Å². The number of ketones is 1. The maximum atomic E-state index is 12.4. The molecule has 1 unspecified atom stereocenters. The maximum Gasteiger partial charge on any atom is 0.182 e. The highest BCUT2D eigenvalue weighted by atomic mass is 35.5. The van der Waals surface area contributed by atoms with E-state index in [1.165, 1.54) is 0 Å². The van der Waals surface area contributed by atoms with E-state index in [1.54, 1.807) is 25.3 Å². The lowest BCUT2D eigenvalue weighted by molar-refractivity contribution is 0.0894. The fourth-order valence-corrected chi connectivity index (χ4v) is 2.35. The zero-order chi connectivity index (χ0) is 13.1. The summed E-state index contributed by atoms with van der Waals surface area (Å²) in [6.07, 6.45) is 0. The molecule has 1 aromatic carbocycles. The highest BCUT2D eigenvalue weighted by molar-refractivity contribution is 6.34. The Morgan fingerprint density at radius 2 is 2.33 bits per heavy atom. The third-order valence-electron chi connectivity index (χ3n) is 3.14. The van der Waals surface area contributed by atoms with Crippen molar-refractivity contribution in [3.63, 3.8) is 0 Å². The molecule has 0 aromatic heterocycles. The lowest BCUT2D eigenvalue weighted by atomic mass is 10.0. The molecule has 1 N–H and O–H groups in total. The minimum absolute atomic E-state index is 0.0363. The normalized spacial score (nSPS) is 20.7. The predicted octanol–water partition coefficient (Wildman–Crippen LogP) is 1.43. The monoisotopic (exact) mass is 268 g/mol. The molecule has 1 fully saturated rings. The number of methoxy groups -OCH3 is 1. The molecule has 98 valence electrons. The van der Waals surface area contributed by atoms with E-state index in [0.29, 0.717) is 22.9 Å². The molecule has 0 radical (unpaired) electrons. The first-order chi connectivity index (χ1) is 8.61. The minimum Gasteiger partial charge on any atom is -0.497 e. The molecule has 0 spiro atoms. The first-order valence-corrected chi connectivity index (χ1v) is 6.29. The third kappa shape index (κ3) is 2.83. The molecule has 4 nitrogen and oxygen atoms in total. The van der Waals surface area contributed by atoms with Crippen molar-refractivity contribution in [1.29, 1.82) is 0 Å². The Balaban J connectivity index is 2.17. The van der Waals surface area contributed by atoms with E-state index in [2.05, 4.69) is 10.2 Å². The van der Waals surface area contributed by atoms with Crippen LogP contribution < -0.4 is 10.1 Å². The predicted molar refractivity (Wildman–Crippen MR) is 71.6 cm³/mol. The van der Waals surface area contributed by atoms with Gasteiger partial charge in [0.25, 0.3) is 0 Å². The molecule has 0 saturated carbocycles. The smallest absolute Gasteiger partial charge is 0.182 e. The van der Waals surface area contributed by atoms with E-state index in [4.69, 9.17) is 16.3 Å². The van der Waals surface area contributed by atoms with E-state index < -0.39 is 0 Å². The molecule has 1 aliphatic heterocycles. The van der Waals surface area contributed by atoms with Gasteiger partial charge in [-0.15, -0.1) is 0 Å². The van der Waals surface area contributed by atoms with Crippen LogP contribution in [0.5, 0.6) is 5.75 Å². The van der Waals surface area contributed by atoms with Crippen molar-refractivity contribution < 1.29 is 9.53 Å². The second-order valence-corrected chi connectivity index (χ2v) is 4.89. The fourth-order valence-electron chi connectivity index (χ4n) is 2.08. The van der Waals surface area contributed by atoms with Crippen LogP contribution in [0.2, 0.25) is 5.02 Å². The number of nitrogens with one attached hydrogen (secondary N) is 1. The molecule has 1 aliphatic rings. The van der Waals surface area contributed by atoms with Crippen LogP contribution in [0.25, 0.3) is 0 Å². The van der Waals surface area contributed by atoms with Gasteiger partial charge < -0.3 is 15.0 Å². The summed E-state index contributed by atoms with van der Waals surface area (Å²) in [4.78, 5) is 14.5. The largest absolute Gasteiger partial charge is 0.497 e. The number of hydrogen-bond donors (Lipinski definition) is 1. The van der Waals surface area contributed by atoms with Crippen molar-refractivity contribution in [3.05, 3.63) is 28.8 Å². The van der Waals surface area contributed by atoms with Crippen molar-refractivity contribution in [1.82, 2.24) is 10.2 Å². The number of Topliss-reactive ketones (excluding diaryl/α,β-unsaturated/α-hetero) is 1. The first-order valence-electron chi connectivity index (χ1n) is 5.91. The molecular weight excluding hydrogens is 252 g/mol. The van der Waals surface area contributed by atoms with Crippen molar-refractivity contribution >= 4 is 17.4 Å². The Kier molecular flexibility index (Phi) is 4.22. The number of halogens is 1.